The first-order valence-electron chi connectivity index (χ1n) is 8.24. The van der Waals surface area contributed by atoms with Crippen molar-refractivity contribution in [3.63, 3.8) is 0 Å². The lowest BCUT2D eigenvalue weighted by molar-refractivity contribution is -0.130. The summed E-state index contributed by atoms with van der Waals surface area (Å²) < 4.78 is 5.20. The highest BCUT2D eigenvalue weighted by Crippen LogP contribution is 2.32. The van der Waals surface area contributed by atoms with Crippen LogP contribution < -0.4 is 4.74 Å². The van der Waals surface area contributed by atoms with Crippen molar-refractivity contribution in [1.82, 2.24) is 15.0 Å². The van der Waals surface area contributed by atoms with Crippen molar-refractivity contribution < 1.29 is 9.53 Å². The van der Waals surface area contributed by atoms with Crippen LogP contribution >= 0.6 is 11.6 Å². The number of aromatic amines is 1. The summed E-state index contributed by atoms with van der Waals surface area (Å²) in [4.78, 5) is 20.2. The third-order valence-corrected chi connectivity index (χ3v) is 4.66. The van der Waals surface area contributed by atoms with Gasteiger partial charge in [0.25, 0.3) is 5.91 Å². The number of nitrogens with zero attached hydrogens (tertiary/aromatic N) is 3. The van der Waals surface area contributed by atoms with Crippen LogP contribution in [0.1, 0.15) is 23.9 Å². The van der Waals surface area contributed by atoms with Crippen molar-refractivity contribution >= 4 is 34.3 Å². The standard InChI is InChI=1S/C19H17ClN4O2/c1-26-13-8-6-12(7-9-13)16-10-17(24(23-16)18(25)11-20)19-21-14-4-2-3-5-15(14)22-19/h2-9,17H,10-11H2,1H3,(H,21,22)/t17-/m1/s1. The SMILES string of the molecule is COc1ccc(C2=NN(C(=O)CCl)[C@@H](c3nc4ccccc4[nH]3)C2)cc1. The molecule has 0 saturated heterocycles. The van der Waals surface area contributed by atoms with Gasteiger partial charge in [-0.1, -0.05) is 12.1 Å². The van der Waals surface area contributed by atoms with Gasteiger partial charge in [-0.05, 0) is 42.0 Å². The van der Waals surface area contributed by atoms with Crippen molar-refractivity contribution in [2.45, 2.75) is 12.5 Å². The summed E-state index contributed by atoms with van der Waals surface area (Å²) in [6.07, 6.45) is 0.564. The molecule has 1 aliphatic heterocycles. The maximum Gasteiger partial charge on any atom is 0.258 e. The van der Waals surface area contributed by atoms with Crippen molar-refractivity contribution in [3.05, 3.63) is 59.9 Å². The Hall–Kier alpha value is -2.86. The van der Waals surface area contributed by atoms with Gasteiger partial charge in [0.2, 0.25) is 0 Å². The summed E-state index contributed by atoms with van der Waals surface area (Å²) >= 11 is 5.79. The Morgan fingerprint density at radius 2 is 2.04 bits per heavy atom. The second kappa shape index (κ2) is 6.80. The number of H-pyrrole nitrogens is 1. The van der Waals surface area contributed by atoms with E-state index in [2.05, 4.69) is 15.1 Å². The molecule has 0 unspecified atom stereocenters. The lowest BCUT2D eigenvalue weighted by atomic mass is 10.0. The highest BCUT2D eigenvalue weighted by atomic mass is 35.5. The van der Waals surface area contributed by atoms with Crippen LogP contribution in [0.5, 0.6) is 5.75 Å². The number of fused-ring (bicyclic) bond motifs is 1. The number of carbonyl (C=O) groups excluding carboxylic acids is 1. The number of benzene rings is 2. The average molecular weight is 369 g/mol. The fourth-order valence-electron chi connectivity index (χ4n) is 3.10. The third-order valence-electron chi connectivity index (χ3n) is 4.43. The topological polar surface area (TPSA) is 70.6 Å². The minimum absolute atomic E-state index is 0.129. The predicted molar refractivity (Wildman–Crippen MR) is 101 cm³/mol. The van der Waals surface area contributed by atoms with Crippen molar-refractivity contribution in [3.8, 4) is 5.75 Å². The molecule has 0 spiro atoms. The number of halogens is 1. The zero-order valence-corrected chi connectivity index (χ0v) is 14.9. The second-order valence-corrected chi connectivity index (χ2v) is 6.27. The van der Waals surface area contributed by atoms with E-state index in [4.69, 9.17) is 16.3 Å². The first kappa shape index (κ1) is 16.6. The number of imidazole rings is 1. The molecular weight excluding hydrogens is 352 g/mol. The lowest BCUT2D eigenvalue weighted by Gasteiger charge is -2.18. The van der Waals surface area contributed by atoms with Gasteiger partial charge < -0.3 is 9.72 Å². The normalized spacial score (nSPS) is 16.8. The molecule has 1 N–H and O–H groups in total. The molecule has 4 rings (SSSR count). The van der Waals surface area contributed by atoms with Gasteiger partial charge in [0.15, 0.2) is 0 Å². The van der Waals surface area contributed by atoms with Gasteiger partial charge in [-0.2, -0.15) is 5.10 Å². The van der Waals surface area contributed by atoms with Crippen LogP contribution in [0.2, 0.25) is 0 Å². The van der Waals surface area contributed by atoms with Crippen LogP contribution in [0.15, 0.2) is 53.6 Å². The summed E-state index contributed by atoms with van der Waals surface area (Å²) in [6.45, 7) is 0. The van der Waals surface area contributed by atoms with E-state index < -0.39 is 0 Å². The number of alkyl halides is 1. The first-order chi connectivity index (χ1) is 12.7. The summed E-state index contributed by atoms with van der Waals surface area (Å²) in [5, 5.41) is 5.96. The Bertz CT molecular complexity index is 948. The van der Waals surface area contributed by atoms with E-state index >= 15 is 0 Å². The zero-order valence-electron chi connectivity index (χ0n) is 14.1. The number of para-hydroxylation sites is 2. The van der Waals surface area contributed by atoms with Crippen LogP contribution in [0.25, 0.3) is 11.0 Å². The molecule has 1 atom stereocenters. The highest BCUT2D eigenvalue weighted by molar-refractivity contribution is 6.27. The number of amides is 1. The highest BCUT2D eigenvalue weighted by Gasteiger charge is 2.34. The fourth-order valence-corrected chi connectivity index (χ4v) is 3.23. The summed E-state index contributed by atoms with van der Waals surface area (Å²) in [6, 6.07) is 15.1. The number of carbonyl (C=O) groups is 1. The number of aromatic nitrogens is 2. The molecular formula is C19H17ClN4O2. The summed E-state index contributed by atoms with van der Waals surface area (Å²) in [5.74, 6) is 1.10. The van der Waals surface area contributed by atoms with Crippen molar-refractivity contribution in [2.24, 2.45) is 5.10 Å². The van der Waals surface area contributed by atoms with Crippen LogP contribution in [-0.4, -0.2) is 39.6 Å². The van der Waals surface area contributed by atoms with Crippen LogP contribution in [0, 0.1) is 0 Å². The van der Waals surface area contributed by atoms with Crippen LogP contribution in [-0.2, 0) is 4.79 Å². The van der Waals surface area contributed by atoms with E-state index in [1.54, 1.807) is 7.11 Å². The molecule has 0 aliphatic carbocycles. The predicted octanol–water partition coefficient (Wildman–Crippen LogP) is 3.49. The Labute approximate surface area is 155 Å². The third kappa shape index (κ3) is 2.93. The van der Waals surface area contributed by atoms with E-state index in [0.717, 1.165) is 28.1 Å². The largest absolute Gasteiger partial charge is 0.497 e. The van der Waals surface area contributed by atoms with E-state index in [0.29, 0.717) is 12.2 Å². The van der Waals surface area contributed by atoms with Gasteiger partial charge in [-0.25, -0.2) is 9.99 Å². The Kier molecular flexibility index (Phi) is 4.34. The molecule has 0 bridgehead atoms. The molecule has 0 saturated carbocycles. The lowest BCUT2D eigenvalue weighted by Crippen LogP contribution is -2.28. The monoisotopic (exact) mass is 368 g/mol. The minimum atomic E-state index is -0.300. The molecule has 132 valence electrons. The van der Waals surface area contributed by atoms with Gasteiger partial charge in [0.1, 0.15) is 23.5 Å². The average Bonchev–Trinajstić information content (AvgIpc) is 3.31. The Morgan fingerprint density at radius 3 is 2.73 bits per heavy atom. The maximum absolute atomic E-state index is 12.3. The van der Waals surface area contributed by atoms with Gasteiger partial charge in [0.05, 0.1) is 23.9 Å². The van der Waals surface area contributed by atoms with E-state index in [-0.39, 0.29) is 17.8 Å². The molecule has 26 heavy (non-hydrogen) atoms. The molecule has 0 fully saturated rings. The number of rotatable bonds is 4. The summed E-state index contributed by atoms with van der Waals surface area (Å²) in [7, 11) is 1.63. The number of methoxy groups -OCH3 is 1. The van der Waals surface area contributed by atoms with Crippen LogP contribution in [0.3, 0.4) is 0 Å². The number of hydrazone groups is 1. The molecule has 6 nitrogen and oxygen atoms in total. The molecule has 3 aromatic rings. The molecule has 1 aromatic heterocycles. The van der Waals surface area contributed by atoms with E-state index in [9.17, 15) is 4.79 Å². The first-order valence-corrected chi connectivity index (χ1v) is 8.77. The number of hydrogen-bond donors (Lipinski definition) is 1. The zero-order chi connectivity index (χ0) is 18.1. The van der Waals surface area contributed by atoms with Gasteiger partial charge in [-0.15, -0.1) is 11.6 Å². The molecule has 7 heteroatoms. The van der Waals surface area contributed by atoms with Gasteiger partial charge in [0, 0.05) is 6.42 Å². The number of hydrogen-bond acceptors (Lipinski definition) is 4. The Morgan fingerprint density at radius 1 is 1.27 bits per heavy atom. The van der Waals surface area contributed by atoms with Crippen molar-refractivity contribution in [1.29, 1.82) is 0 Å². The van der Waals surface area contributed by atoms with Gasteiger partial charge >= 0.3 is 0 Å². The fraction of sp³-hybridized carbons (Fsp3) is 0.211. The van der Waals surface area contributed by atoms with Crippen molar-refractivity contribution in [2.75, 3.05) is 13.0 Å². The Balaban J connectivity index is 1.69. The van der Waals surface area contributed by atoms with Gasteiger partial charge in [-0.3, -0.25) is 4.79 Å². The quantitative estimate of drug-likeness (QED) is 0.716. The summed E-state index contributed by atoms with van der Waals surface area (Å²) in [5.41, 5.74) is 3.55. The smallest absolute Gasteiger partial charge is 0.258 e. The van der Waals surface area contributed by atoms with E-state index in [1.807, 2.05) is 48.5 Å². The molecule has 2 aromatic carbocycles. The molecule has 1 aliphatic rings. The molecule has 2 heterocycles. The second-order valence-electron chi connectivity index (χ2n) is 6.01. The maximum atomic E-state index is 12.3. The molecule has 0 radical (unpaired) electrons. The molecule has 1 amide bonds. The van der Waals surface area contributed by atoms with E-state index in [1.165, 1.54) is 5.01 Å². The number of nitrogens with one attached hydrogen (secondary N) is 1. The number of ether oxygens (including phenoxy) is 1. The van der Waals surface area contributed by atoms with Crippen LogP contribution in [0.4, 0.5) is 0 Å². The minimum Gasteiger partial charge on any atom is -0.497 e.